The van der Waals surface area contributed by atoms with Crippen LogP contribution in [0.4, 0.5) is 0 Å². The van der Waals surface area contributed by atoms with Crippen LogP contribution in [0, 0.1) is 0 Å². The second-order valence-electron chi connectivity index (χ2n) is 7.34. The summed E-state index contributed by atoms with van der Waals surface area (Å²) in [5.41, 5.74) is 7.45. The van der Waals surface area contributed by atoms with Crippen LogP contribution in [0.1, 0.15) is 48.8 Å². The van der Waals surface area contributed by atoms with Crippen molar-refractivity contribution in [3.05, 3.63) is 65.1 Å². The fraction of sp³-hybridized carbons (Fsp3) is 0.391. The van der Waals surface area contributed by atoms with Crippen LogP contribution in [0.25, 0.3) is 11.8 Å². The lowest BCUT2D eigenvalue weighted by Gasteiger charge is -2.32. The van der Waals surface area contributed by atoms with Crippen molar-refractivity contribution in [2.24, 2.45) is 0 Å². The number of aromatic nitrogens is 1. The van der Waals surface area contributed by atoms with Crippen LogP contribution in [0.5, 0.6) is 5.75 Å². The average molecular weight is 364 g/mol. The molecule has 0 amide bonds. The molecule has 142 valence electrons. The summed E-state index contributed by atoms with van der Waals surface area (Å²) in [5, 5.41) is 0. The van der Waals surface area contributed by atoms with Crippen molar-refractivity contribution >= 4 is 11.8 Å². The molecule has 2 aromatic rings. The van der Waals surface area contributed by atoms with Crippen molar-refractivity contribution in [2.45, 2.75) is 39.3 Å². The van der Waals surface area contributed by atoms with Crippen LogP contribution in [0.3, 0.4) is 0 Å². The van der Waals surface area contributed by atoms with Crippen molar-refractivity contribution in [2.75, 3.05) is 20.3 Å². The molecule has 0 saturated carbocycles. The molecular formula is C23H28N2O2. The Balaban J connectivity index is 1.66. The number of benzene rings is 1. The first kappa shape index (κ1) is 17.9. The van der Waals surface area contributed by atoms with Gasteiger partial charge in [-0.2, -0.15) is 0 Å². The van der Waals surface area contributed by atoms with Crippen LogP contribution in [0.15, 0.2) is 42.6 Å². The highest BCUT2D eigenvalue weighted by Crippen LogP contribution is 2.38. The van der Waals surface area contributed by atoms with Crippen LogP contribution < -0.4 is 4.74 Å². The van der Waals surface area contributed by atoms with Gasteiger partial charge in [-0.05, 0) is 49.6 Å². The van der Waals surface area contributed by atoms with Crippen molar-refractivity contribution in [3.8, 4) is 5.75 Å². The lowest BCUT2D eigenvalue weighted by molar-refractivity contribution is 0.186. The summed E-state index contributed by atoms with van der Waals surface area (Å²) in [4.78, 5) is 2.30. The SMILES string of the molecule is C=C1c2cc(CC)n(C3CCOC3)c2C=C(C)N1Cc1ccc(OC)cc1. The van der Waals surface area contributed by atoms with Crippen LogP contribution in [-0.2, 0) is 17.7 Å². The van der Waals surface area contributed by atoms with E-state index >= 15 is 0 Å². The fourth-order valence-corrected chi connectivity index (χ4v) is 4.17. The zero-order chi connectivity index (χ0) is 19.0. The highest BCUT2D eigenvalue weighted by Gasteiger charge is 2.28. The lowest BCUT2D eigenvalue weighted by atomic mass is 10.0. The van der Waals surface area contributed by atoms with E-state index in [1.807, 2.05) is 12.1 Å². The number of ether oxygens (including phenoxy) is 2. The molecule has 0 aliphatic carbocycles. The maximum atomic E-state index is 5.66. The van der Waals surface area contributed by atoms with Gasteiger partial charge in [-0.1, -0.05) is 25.6 Å². The van der Waals surface area contributed by atoms with Gasteiger partial charge in [0.25, 0.3) is 0 Å². The third-order valence-electron chi connectivity index (χ3n) is 5.70. The Labute approximate surface area is 161 Å². The van der Waals surface area contributed by atoms with Crippen molar-refractivity contribution in [1.29, 1.82) is 0 Å². The van der Waals surface area contributed by atoms with E-state index in [-0.39, 0.29) is 0 Å². The summed E-state index contributed by atoms with van der Waals surface area (Å²) in [5.74, 6) is 0.884. The first-order chi connectivity index (χ1) is 13.1. The Morgan fingerprint density at radius 1 is 1.26 bits per heavy atom. The summed E-state index contributed by atoms with van der Waals surface area (Å²) in [6.45, 7) is 11.3. The first-order valence-corrected chi connectivity index (χ1v) is 9.72. The van der Waals surface area contributed by atoms with Gasteiger partial charge in [-0.3, -0.25) is 0 Å². The van der Waals surface area contributed by atoms with Crippen molar-refractivity contribution in [3.63, 3.8) is 0 Å². The van der Waals surface area contributed by atoms with E-state index in [9.17, 15) is 0 Å². The molecule has 1 aromatic heterocycles. The zero-order valence-corrected chi connectivity index (χ0v) is 16.5. The van der Waals surface area contributed by atoms with Crippen molar-refractivity contribution < 1.29 is 9.47 Å². The van der Waals surface area contributed by atoms with E-state index in [1.165, 1.54) is 28.2 Å². The molecule has 2 aliphatic rings. The van der Waals surface area contributed by atoms with Gasteiger partial charge in [0.2, 0.25) is 0 Å². The molecule has 0 spiro atoms. The van der Waals surface area contributed by atoms with E-state index in [1.54, 1.807) is 7.11 Å². The van der Waals surface area contributed by atoms with E-state index in [0.29, 0.717) is 6.04 Å². The van der Waals surface area contributed by atoms with Crippen LogP contribution in [-0.4, -0.2) is 29.8 Å². The number of aryl methyl sites for hydroxylation is 1. The maximum absolute atomic E-state index is 5.66. The van der Waals surface area contributed by atoms with Gasteiger partial charge in [-0.25, -0.2) is 0 Å². The van der Waals surface area contributed by atoms with Crippen molar-refractivity contribution in [1.82, 2.24) is 9.47 Å². The summed E-state index contributed by atoms with van der Waals surface area (Å²) < 4.78 is 13.4. The highest BCUT2D eigenvalue weighted by molar-refractivity contribution is 5.78. The van der Waals surface area contributed by atoms with Gasteiger partial charge in [0.05, 0.1) is 25.5 Å². The molecule has 0 radical (unpaired) electrons. The van der Waals surface area contributed by atoms with E-state index < -0.39 is 0 Å². The largest absolute Gasteiger partial charge is 0.497 e. The minimum atomic E-state index is 0.439. The second-order valence-corrected chi connectivity index (χ2v) is 7.34. The molecule has 0 N–H and O–H groups in total. The smallest absolute Gasteiger partial charge is 0.118 e. The molecule has 1 atom stereocenters. The minimum Gasteiger partial charge on any atom is -0.497 e. The minimum absolute atomic E-state index is 0.439. The van der Waals surface area contributed by atoms with Gasteiger partial charge in [-0.15, -0.1) is 0 Å². The molecule has 2 aliphatic heterocycles. The molecule has 3 heterocycles. The van der Waals surface area contributed by atoms with Crippen LogP contribution in [0.2, 0.25) is 0 Å². The maximum Gasteiger partial charge on any atom is 0.118 e. The molecule has 1 fully saturated rings. The molecule has 4 heteroatoms. The molecule has 1 aromatic carbocycles. The Bertz CT molecular complexity index is 871. The third-order valence-corrected chi connectivity index (χ3v) is 5.70. The molecule has 4 nitrogen and oxygen atoms in total. The molecular weight excluding hydrogens is 336 g/mol. The summed E-state index contributed by atoms with van der Waals surface area (Å²) in [6.07, 6.45) is 4.41. The number of fused-ring (bicyclic) bond motifs is 1. The average Bonchev–Trinajstić information content (AvgIpc) is 3.33. The van der Waals surface area contributed by atoms with E-state index in [0.717, 1.165) is 44.0 Å². The third kappa shape index (κ3) is 3.19. The first-order valence-electron chi connectivity index (χ1n) is 9.72. The molecule has 0 bridgehead atoms. The Morgan fingerprint density at radius 2 is 2.04 bits per heavy atom. The fourth-order valence-electron chi connectivity index (χ4n) is 4.17. The topological polar surface area (TPSA) is 26.6 Å². The summed E-state index contributed by atoms with van der Waals surface area (Å²) in [7, 11) is 1.70. The lowest BCUT2D eigenvalue weighted by Crippen LogP contribution is -2.23. The van der Waals surface area contributed by atoms with Gasteiger partial charge >= 0.3 is 0 Å². The van der Waals surface area contributed by atoms with Gasteiger partial charge in [0, 0.05) is 35.8 Å². The number of allylic oxidation sites excluding steroid dienone is 1. The normalized spacial score (nSPS) is 19.2. The number of nitrogens with zero attached hydrogens (tertiary/aromatic N) is 2. The van der Waals surface area contributed by atoms with E-state index in [2.05, 4.69) is 54.2 Å². The monoisotopic (exact) mass is 364 g/mol. The number of hydrogen-bond donors (Lipinski definition) is 0. The van der Waals surface area contributed by atoms with E-state index in [4.69, 9.17) is 9.47 Å². The van der Waals surface area contributed by atoms with Gasteiger partial charge in [0.1, 0.15) is 5.75 Å². The predicted molar refractivity (Wildman–Crippen MR) is 110 cm³/mol. The molecule has 1 saturated heterocycles. The summed E-state index contributed by atoms with van der Waals surface area (Å²) in [6, 6.07) is 11.0. The number of rotatable bonds is 5. The van der Waals surface area contributed by atoms with Gasteiger partial charge < -0.3 is 18.9 Å². The second kappa shape index (κ2) is 7.28. The number of methoxy groups -OCH3 is 1. The highest BCUT2D eigenvalue weighted by atomic mass is 16.5. The predicted octanol–water partition coefficient (Wildman–Crippen LogP) is 4.87. The molecule has 27 heavy (non-hydrogen) atoms. The Hall–Kier alpha value is -2.46. The standard InChI is InChI=1S/C23H28N2O2/c1-5-19-13-22-17(3)24(14-18-6-8-21(26-4)9-7-18)16(2)12-23(22)25(19)20-10-11-27-15-20/h6-9,12-13,20H,3,5,10-11,14-15H2,1-2,4H3. The Morgan fingerprint density at radius 3 is 2.67 bits per heavy atom. The van der Waals surface area contributed by atoms with Gasteiger partial charge in [0.15, 0.2) is 0 Å². The quantitative estimate of drug-likeness (QED) is 0.757. The summed E-state index contributed by atoms with van der Waals surface area (Å²) >= 11 is 0. The molecule has 4 rings (SSSR count). The van der Waals surface area contributed by atoms with Crippen LogP contribution >= 0.6 is 0 Å². The Kier molecular flexibility index (Phi) is 4.83. The molecule has 1 unspecified atom stereocenters. The zero-order valence-electron chi connectivity index (χ0n) is 16.5. The number of hydrogen-bond acceptors (Lipinski definition) is 3.